The molecule has 0 aromatic heterocycles. The minimum absolute atomic E-state index is 0.249. The number of nitrogens with one attached hydrogen (secondary N) is 1. The monoisotopic (exact) mass is 252 g/mol. The number of phenols is 1. The molecule has 0 saturated heterocycles. The van der Waals surface area contributed by atoms with E-state index in [0.717, 1.165) is 16.7 Å². The Bertz CT molecular complexity index is 409. The van der Waals surface area contributed by atoms with Gasteiger partial charge in [-0.3, -0.25) is 10.1 Å². The Kier molecular flexibility index (Phi) is 5.12. The molecule has 1 atom stereocenters. The lowest BCUT2D eigenvalue weighted by Gasteiger charge is -2.17. The fourth-order valence-electron chi connectivity index (χ4n) is 1.84. The van der Waals surface area contributed by atoms with Crippen LogP contribution in [0.1, 0.15) is 22.7 Å². The molecule has 1 unspecified atom stereocenters. The van der Waals surface area contributed by atoms with Crippen LogP contribution in [0.5, 0.6) is 5.75 Å². The van der Waals surface area contributed by atoms with Crippen LogP contribution < -0.4 is 11.1 Å². The highest BCUT2D eigenvalue weighted by Gasteiger charge is 2.18. The highest BCUT2D eigenvalue weighted by Crippen LogP contribution is 2.26. The Labute approximate surface area is 107 Å². The number of aromatic hydroxyl groups is 1. The van der Waals surface area contributed by atoms with Crippen LogP contribution in [0.15, 0.2) is 12.1 Å². The van der Waals surface area contributed by atoms with E-state index in [1.54, 1.807) is 33.1 Å². The second-order valence-electron chi connectivity index (χ2n) is 4.29. The molecule has 4 N–H and O–H groups in total. The summed E-state index contributed by atoms with van der Waals surface area (Å²) in [5.74, 6) is -0.200. The number of hydrogen-bond donors (Lipinski definition) is 3. The molecule has 5 nitrogen and oxygen atoms in total. The fourth-order valence-corrected chi connectivity index (χ4v) is 1.84. The SMILES string of the molecule is COCCNC(C(N)=O)c1cc(C)c(O)c(C)c1. The van der Waals surface area contributed by atoms with Crippen LogP contribution in [0.3, 0.4) is 0 Å². The molecule has 0 aliphatic heterocycles. The molecule has 1 rings (SSSR count). The van der Waals surface area contributed by atoms with Gasteiger partial charge in [-0.25, -0.2) is 0 Å². The first-order chi connectivity index (χ1) is 8.47. The standard InChI is InChI=1S/C13H20N2O3/c1-8-6-10(7-9(2)12(8)16)11(13(14)17)15-4-5-18-3/h6-7,11,15-16H,4-5H2,1-3H3,(H2,14,17). The Morgan fingerprint density at radius 3 is 2.44 bits per heavy atom. The predicted octanol–water partition coefficient (Wildman–Crippen LogP) is 0.771. The number of aryl methyl sites for hydroxylation is 2. The normalized spacial score (nSPS) is 12.4. The van der Waals surface area contributed by atoms with Gasteiger partial charge in [0.25, 0.3) is 0 Å². The number of hydrogen-bond acceptors (Lipinski definition) is 4. The second kappa shape index (κ2) is 6.37. The summed E-state index contributed by atoms with van der Waals surface area (Å²) in [6.07, 6.45) is 0. The van der Waals surface area contributed by atoms with Crippen LogP contribution >= 0.6 is 0 Å². The third-order valence-electron chi connectivity index (χ3n) is 2.79. The lowest BCUT2D eigenvalue weighted by molar-refractivity contribution is -0.120. The van der Waals surface area contributed by atoms with Crippen molar-refractivity contribution >= 4 is 5.91 Å². The molecule has 0 aliphatic carbocycles. The summed E-state index contributed by atoms with van der Waals surface area (Å²) in [6.45, 7) is 4.61. The van der Waals surface area contributed by atoms with Crippen molar-refractivity contribution in [3.63, 3.8) is 0 Å². The number of benzene rings is 1. The first-order valence-corrected chi connectivity index (χ1v) is 5.79. The van der Waals surface area contributed by atoms with E-state index in [4.69, 9.17) is 10.5 Å². The van der Waals surface area contributed by atoms with Gasteiger partial charge in [-0.05, 0) is 30.5 Å². The number of primary amides is 1. The van der Waals surface area contributed by atoms with E-state index in [-0.39, 0.29) is 5.75 Å². The molecule has 100 valence electrons. The molecular formula is C13H20N2O3. The molecule has 0 saturated carbocycles. The van der Waals surface area contributed by atoms with Crippen LogP contribution in [-0.2, 0) is 9.53 Å². The van der Waals surface area contributed by atoms with E-state index in [2.05, 4.69) is 5.32 Å². The lowest BCUT2D eigenvalue weighted by Crippen LogP contribution is -2.35. The zero-order valence-corrected chi connectivity index (χ0v) is 11.0. The summed E-state index contributed by atoms with van der Waals surface area (Å²) in [5.41, 5.74) is 7.59. The van der Waals surface area contributed by atoms with Crippen molar-refractivity contribution in [2.75, 3.05) is 20.3 Å². The molecule has 18 heavy (non-hydrogen) atoms. The van der Waals surface area contributed by atoms with E-state index in [9.17, 15) is 9.90 Å². The van der Waals surface area contributed by atoms with E-state index in [1.807, 2.05) is 0 Å². The number of rotatable bonds is 6. The Morgan fingerprint density at radius 1 is 1.44 bits per heavy atom. The third-order valence-corrected chi connectivity index (χ3v) is 2.79. The highest BCUT2D eigenvalue weighted by atomic mass is 16.5. The van der Waals surface area contributed by atoms with E-state index in [0.29, 0.717) is 13.2 Å². The third kappa shape index (κ3) is 3.45. The molecule has 0 spiro atoms. The van der Waals surface area contributed by atoms with Crippen LogP contribution in [-0.4, -0.2) is 31.3 Å². The lowest BCUT2D eigenvalue weighted by atomic mass is 10.00. The maximum Gasteiger partial charge on any atom is 0.239 e. The van der Waals surface area contributed by atoms with Gasteiger partial charge in [0.15, 0.2) is 0 Å². The molecule has 0 fully saturated rings. The van der Waals surface area contributed by atoms with Crippen molar-refractivity contribution in [1.29, 1.82) is 0 Å². The van der Waals surface area contributed by atoms with Crippen molar-refractivity contribution in [2.45, 2.75) is 19.9 Å². The number of nitrogens with two attached hydrogens (primary N) is 1. The minimum atomic E-state index is -0.571. The minimum Gasteiger partial charge on any atom is -0.507 e. The van der Waals surface area contributed by atoms with Gasteiger partial charge in [-0.1, -0.05) is 12.1 Å². The summed E-state index contributed by atoms with van der Waals surface area (Å²) >= 11 is 0. The molecule has 1 amide bonds. The molecule has 0 bridgehead atoms. The first kappa shape index (κ1) is 14.5. The second-order valence-corrected chi connectivity index (χ2v) is 4.29. The van der Waals surface area contributed by atoms with Crippen molar-refractivity contribution in [2.24, 2.45) is 5.73 Å². The number of phenolic OH excluding ortho intramolecular Hbond substituents is 1. The molecule has 5 heteroatoms. The van der Waals surface area contributed by atoms with Crippen LogP contribution in [0, 0.1) is 13.8 Å². The van der Waals surface area contributed by atoms with Crippen LogP contribution in [0.25, 0.3) is 0 Å². The van der Waals surface area contributed by atoms with E-state index in [1.165, 1.54) is 0 Å². The molecular weight excluding hydrogens is 232 g/mol. The Hall–Kier alpha value is -1.59. The van der Waals surface area contributed by atoms with Gasteiger partial charge in [0.2, 0.25) is 5.91 Å². The van der Waals surface area contributed by atoms with Crippen molar-refractivity contribution in [3.05, 3.63) is 28.8 Å². The van der Waals surface area contributed by atoms with Crippen molar-refractivity contribution < 1.29 is 14.6 Å². The van der Waals surface area contributed by atoms with Crippen molar-refractivity contribution in [1.82, 2.24) is 5.32 Å². The van der Waals surface area contributed by atoms with E-state index < -0.39 is 11.9 Å². The molecule has 0 aliphatic rings. The molecule has 1 aromatic rings. The van der Waals surface area contributed by atoms with Gasteiger partial charge < -0.3 is 15.6 Å². The molecule has 0 heterocycles. The molecule has 1 aromatic carbocycles. The summed E-state index contributed by atoms with van der Waals surface area (Å²) in [6, 6.07) is 2.95. The van der Waals surface area contributed by atoms with Crippen LogP contribution in [0.4, 0.5) is 0 Å². The molecule has 0 radical (unpaired) electrons. The quantitative estimate of drug-likeness (QED) is 0.653. The Balaban J connectivity index is 2.95. The van der Waals surface area contributed by atoms with Gasteiger partial charge in [0.1, 0.15) is 11.8 Å². The topological polar surface area (TPSA) is 84.6 Å². The van der Waals surface area contributed by atoms with Gasteiger partial charge in [-0.15, -0.1) is 0 Å². The summed E-state index contributed by atoms with van der Waals surface area (Å²) < 4.78 is 4.92. The first-order valence-electron chi connectivity index (χ1n) is 5.79. The summed E-state index contributed by atoms with van der Waals surface area (Å²) in [5, 5.41) is 12.7. The average Bonchev–Trinajstić information content (AvgIpc) is 2.30. The van der Waals surface area contributed by atoms with Gasteiger partial charge >= 0.3 is 0 Å². The summed E-state index contributed by atoms with van der Waals surface area (Å²) in [4.78, 5) is 11.5. The average molecular weight is 252 g/mol. The van der Waals surface area contributed by atoms with E-state index >= 15 is 0 Å². The fraction of sp³-hybridized carbons (Fsp3) is 0.462. The summed E-state index contributed by atoms with van der Waals surface area (Å²) in [7, 11) is 1.59. The van der Waals surface area contributed by atoms with Crippen LogP contribution in [0.2, 0.25) is 0 Å². The number of carbonyl (C=O) groups is 1. The van der Waals surface area contributed by atoms with Gasteiger partial charge in [0, 0.05) is 13.7 Å². The number of amides is 1. The predicted molar refractivity (Wildman–Crippen MR) is 69.4 cm³/mol. The zero-order valence-electron chi connectivity index (χ0n) is 11.0. The zero-order chi connectivity index (χ0) is 13.7. The van der Waals surface area contributed by atoms with Gasteiger partial charge in [0.05, 0.1) is 6.61 Å². The van der Waals surface area contributed by atoms with Gasteiger partial charge in [-0.2, -0.15) is 0 Å². The number of carbonyl (C=O) groups excluding carboxylic acids is 1. The highest BCUT2D eigenvalue weighted by molar-refractivity contribution is 5.81. The Morgan fingerprint density at radius 2 is 2.00 bits per heavy atom. The maximum atomic E-state index is 11.5. The number of ether oxygens (including phenoxy) is 1. The smallest absolute Gasteiger partial charge is 0.239 e. The van der Waals surface area contributed by atoms with Crippen molar-refractivity contribution in [3.8, 4) is 5.75 Å². The maximum absolute atomic E-state index is 11.5. The largest absolute Gasteiger partial charge is 0.507 e. The number of methoxy groups -OCH3 is 1.